The Balaban J connectivity index is 1.38. The molecule has 1 aromatic heterocycles. The molecule has 7 nitrogen and oxygen atoms in total. The Labute approximate surface area is 222 Å². The number of benzene rings is 3. The van der Waals surface area contributed by atoms with Gasteiger partial charge in [0.25, 0.3) is 5.91 Å². The minimum atomic E-state index is -0.250. The third kappa shape index (κ3) is 6.61. The first-order valence-corrected chi connectivity index (χ1v) is 12.9. The van der Waals surface area contributed by atoms with Crippen molar-refractivity contribution >= 4 is 50.6 Å². The third-order valence-corrected chi connectivity index (χ3v) is 6.64. The van der Waals surface area contributed by atoms with E-state index in [1.165, 1.54) is 11.8 Å². The summed E-state index contributed by atoms with van der Waals surface area (Å²) in [5, 5.41) is 6.95. The minimum absolute atomic E-state index is 0.161. The normalized spacial score (nSPS) is 11.1. The molecule has 3 aromatic carbocycles. The van der Waals surface area contributed by atoms with Gasteiger partial charge in [-0.1, -0.05) is 54.2 Å². The second-order valence-corrected chi connectivity index (χ2v) is 9.77. The predicted molar refractivity (Wildman–Crippen MR) is 147 cm³/mol. The van der Waals surface area contributed by atoms with Crippen LogP contribution in [0.2, 0.25) is 0 Å². The second-order valence-electron chi connectivity index (χ2n) is 7.98. The summed E-state index contributed by atoms with van der Waals surface area (Å²) >= 11 is 4.84. The van der Waals surface area contributed by atoms with Crippen LogP contribution in [0.25, 0.3) is 10.8 Å². The van der Waals surface area contributed by atoms with Gasteiger partial charge in [-0.15, -0.1) is 0 Å². The molecule has 0 saturated heterocycles. The zero-order valence-corrected chi connectivity index (χ0v) is 22.5. The van der Waals surface area contributed by atoms with Crippen LogP contribution in [-0.2, 0) is 11.4 Å². The molecule has 4 rings (SSSR count). The number of carbonyl (C=O) groups is 1. The molecule has 1 heterocycles. The second kappa shape index (κ2) is 12.0. The van der Waals surface area contributed by atoms with Crippen LogP contribution < -0.4 is 14.9 Å². The van der Waals surface area contributed by atoms with Gasteiger partial charge in [-0.2, -0.15) is 5.10 Å². The molecule has 0 aliphatic heterocycles. The highest BCUT2D eigenvalue weighted by Gasteiger charge is 2.13. The molecule has 0 radical (unpaired) electrons. The van der Waals surface area contributed by atoms with Crippen molar-refractivity contribution in [3.05, 3.63) is 87.7 Å². The number of aromatic nitrogens is 2. The molecular weight excluding hydrogens is 540 g/mol. The van der Waals surface area contributed by atoms with Gasteiger partial charge < -0.3 is 9.47 Å². The number of halogens is 1. The average Bonchev–Trinajstić information content (AvgIpc) is 2.86. The minimum Gasteiger partial charge on any atom is -0.493 e. The van der Waals surface area contributed by atoms with E-state index in [4.69, 9.17) is 9.47 Å². The molecule has 9 heteroatoms. The van der Waals surface area contributed by atoms with Crippen LogP contribution in [0.4, 0.5) is 0 Å². The number of amides is 1. The number of fused-ring (bicyclic) bond motifs is 1. The molecule has 1 amide bonds. The molecule has 0 bridgehead atoms. The number of ether oxygens (including phenoxy) is 2. The lowest BCUT2D eigenvalue weighted by atomic mass is 10.1. The number of rotatable bonds is 9. The molecule has 0 aliphatic rings. The Morgan fingerprint density at radius 3 is 2.61 bits per heavy atom. The number of hydrazone groups is 1. The molecule has 184 valence electrons. The zero-order chi connectivity index (χ0) is 25.5. The summed E-state index contributed by atoms with van der Waals surface area (Å²) in [7, 11) is 1.58. The van der Waals surface area contributed by atoms with Gasteiger partial charge in [-0.3, -0.25) is 4.79 Å². The van der Waals surface area contributed by atoms with Crippen molar-refractivity contribution in [3.8, 4) is 11.5 Å². The van der Waals surface area contributed by atoms with Crippen molar-refractivity contribution in [2.75, 3.05) is 12.9 Å². The lowest BCUT2D eigenvalue weighted by Crippen LogP contribution is -2.19. The van der Waals surface area contributed by atoms with E-state index in [2.05, 4.69) is 60.7 Å². The Kier molecular flexibility index (Phi) is 8.56. The first-order chi connectivity index (χ1) is 17.4. The maximum absolute atomic E-state index is 12.2. The van der Waals surface area contributed by atoms with Crippen molar-refractivity contribution in [1.29, 1.82) is 0 Å². The highest BCUT2D eigenvalue weighted by molar-refractivity contribution is 9.10. The van der Waals surface area contributed by atoms with Gasteiger partial charge in [0.05, 0.1) is 23.5 Å². The number of hydrogen-bond acceptors (Lipinski definition) is 7. The molecule has 0 saturated carbocycles. The molecular formula is C27H25BrN4O3S. The van der Waals surface area contributed by atoms with Crippen LogP contribution in [0.3, 0.4) is 0 Å². The smallest absolute Gasteiger partial charge is 0.250 e. The lowest BCUT2D eigenvalue weighted by molar-refractivity contribution is -0.118. The summed E-state index contributed by atoms with van der Waals surface area (Å²) in [5.74, 6) is 1.06. The predicted octanol–water partition coefficient (Wildman–Crippen LogP) is 5.84. The number of methoxy groups -OCH3 is 1. The lowest BCUT2D eigenvalue weighted by Gasteiger charge is -2.14. The van der Waals surface area contributed by atoms with E-state index < -0.39 is 0 Å². The molecule has 0 spiro atoms. The Hall–Kier alpha value is -3.43. The van der Waals surface area contributed by atoms with E-state index in [1.54, 1.807) is 19.4 Å². The zero-order valence-electron chi connectivity index (χ0n) is 20.1. The Bertz CT molecular complexity index is 1400. The van der Waals surface area contributed by atoms with Crippen LogP contribution in [0, 0.1) is 13.8 Å². The average molecular weight is 565 g/mol. The molecule has 0 unspecified atom stereocenters. The van der Waals surface area contributed by atoms with E-state index in [0.29, 0.717) is 23.3 Å². The van der Waals surface area contributed by atoms with Gasteiger partial charge in [-0.25, -0.2) is 15.4 Å². The van der Waals surface area contributed by atoms with E-state index in [9.17, 15) is 4.79 Å². The number of aryl methyl sites for hydroxylation is 2. The Morgan fingerprint density at radius 1 is 1.08 bits per heavy atom. The van der Waals surface area contributed by atoms with Crippen molar-refractivity contribution in [2.45, 2.75) is 25.6 Å². The summed E-state index contributed by atoms with van der Waals surface area (Å²) in [4.78, 5) is 20.8. The highest BCUT2D eigenvalue weighted by Crippen LogP contribution is 2.37. The van der Waals surface area contributed by atoms with Crippen molar-refractivity contribution < 1.29 is 14.3 Å². The molecule has 36 heavy (non-hydrogen) atoms. The first kappa shape index (κ1) is 25.7. The van der Waals surface area contributed by atoms with Crippen LogP contribution in [0.15, 0.2) is 75.4 Å². The van der Waals surface area contributed by atoms with Crippen molar-refractivity contribution in [1.82, 2.24) is 15.4 Å². The van der Waals surface area contributed by atoms with Gasteiger partial charge in [-0.05, 0) is 69.9 Å². The highest BCUT2D eigenvalue weighted by atomic mass is 79.9. The summed E-state index contributed by atoms with van der Waals surface area (Å²) in [6, 6.07) is 19.9. The van der Waals surface area contributed by atoms with E-state index in [-0.39, 0.29) is 11.7 Å². The van der Waals surface area contributed by atoms with E-state index >= 15 is 0 Å². The SMILES string of the molecule is COc1cc(/C=N/NC(=O)CSc2nc(C)cc(C)n2)cc(Br)c1OCc1cccc2ccccc12. The van der Waals surface area contributed by atoms with E-state index in [1.807, 2.05) is 44.2 Å². The van der Waals surface area contributed by atoms with Gasteiger partial charge in [0, 0.05) is 11.4 Å². The molecule has 0 aliphatic carbocycles. The van der Waals surface area contributed by atoms with Gasteiger partial charge in [0.15, 0.2) is 16.7 Å². The number of nitrogens with zero attached hydrogens (tertiary/aromatic N) is 3. The van der Waals surface area contributed by atoms with Gasteiger partial charge in [0.2, 0.25) is 0 Å². The fraction of sp³-hybridized carbons (Fsp3) is 0.185. The summed E-state index contributed by atoms with van der Waals surface area (Å²) in [5.41, 5.74) is 6.09. The standard InChI is InChI=1S/C27H25BrN4O3S/c1-17-11-18(2)31-27(30-17)36-16-25(33)32-29-14-19-12-23(28)26(24(13-19)34-3)35-15-21-9-6-8-20-7-4-5-10-22(20)21/h4-14H,15-16H2,1-3H3,(H,32,33)/b29-14+. The molecule has 0 fully saturated rings. The van der Waals surface area contributed by atoms with Crippen LogP contribution >= 0.6 is 27.7 Å². The van der Waals surface area contributed by atoms with E-state index in [0.717, 1.165) is 37.8 Å². The summed E-state index contributed by atoms with van der Waals surface area (Å²) in [6.07, 6.45) is 1.55. The van der Waals surface area contributed by atoms with Gasteiger partial charge >= 0.3 is 0 Å². The largest absolute Gasteiger partial charge is 0.493 e. The number of carbonyl (C=O) groups excluding carboxylic acids is 1. The Morgan fingerprint density at radius 2 is 1.83 bits per heavy atom. The number of hydrogen-bond donors (Lipinski definition) is 1. The van der Waals surface area contributed by atoms with Crippen LogP contribution in [0.1, 0.15) is 22.5 Å². The maximum atomic E-state index is 12.2. The fourth-order valence-corrected chi connectivity index (χ4v) is 4.94. The summed E-state index contributed by atoms with van der Waals surface area (Å²) in [6.45, 7) is 4.19. The summed E-state index contributed by atoms with van der Waals surface area (Å²) < 4.78 is 12.4. The fourth-order valence-electron chi connectivity index (χ4n) is 3.62. The quantitative estimate of drug-likeness (QED) is 0.119. The molecule has 1 N–H and O–H groups in total. The number of nitrogens with one attached hydrogen (secondary N) is 1. The third-order valence-electron chi connectivity index (χ3n) is 5.20. The van der Waals surface area contributed by atoms with Gasteiger partial charge in [0.1, 0.15) is 6.61 Å². The van der Waals surface area contributed by atoms with Crippen LogP contribution in [0.5, 0.6) is 11.5 Å². The molecule has 4 aromatic rings. The molecule has 0 atom stereocenters. The first-order valence-electron chi connectivity index (χ1n) is 11.2. The van der Waals surface area contributed by atoms with Crippen LogP contribution in [-0.4, -0.2) is 35.0 Å². The van der Waals surface area contributed by atoms with Crippen molar-refractivity contribution in [3.63, 3.8) is 0 Å². The maximum Gasteiger partial charge on any atom is 0.250 e. The monoisotopic (exact) mass is 564 g/mol. The number of thioether (sulfide) groups is 1. The van der Waals surface area contributed by atoms with Crippen molar-refractivity contribution in [2.24, 2.45) is 5.10 Å². The topological polar surface area (TPSA) is 85.7 Å².